The zero-order valence-corrected chi connectivity index (χ0v) is 9.34. The first-order chi connectivity index (χ1) is 7.31. The van der Waals surface area contributed by atoms with Crippen LogP contribution in [0.4, 0.5) is 0 Å². The summed E-state index contributed by atoms with van der Waals surface area (Å²) >= 11 is 0. The first kappa shape index (κ1) is 12.3. The number of hydrogen-bond acceptors (Lipinski definition) is 5. The van der Waals surface area contributed by atoms with Crippen LogP contribution in [0.3, 0.4) is 0 Å². The molecule has 1 heterocycles. The van der Waals surface area contributed by atoms with E-state index in [-0.39, 0.29) is 5.56 Å². The van der Waals surface area contributed by atoms with Crippen molar-refractivity contribution in [2.75, 3.05) is 5.75 Å². The lowest BCUT2D eigenvalue weighted by Crippen LogP contribution is -2.14. The van der Waals surface area contributed by atoms with Crippen LogP contribution >= 0.6 is 0 Å². The van der Waals surface area contributed by atoms with Gasteiger partial charge in [-0.2, -0.15) is 0 Å². The molecule has 0 unspecified atom stereocenters. The van der Waals surface area contributed by atoms with Crippen molar-refractivity contribution >= 4 is 9.84 Å². The number of pyridine rings is 1. The van der Waals surface area contributed by atoms with Gasteiger partial charge >= 0.3 is 0 Å². The Balaban J connectivity index is 3.65. The standard InChI is InChI=1S/C9H11NO5S/c1-3-4-16(14,15)7-5(2)6(11)8(12)10-9(7)13/h3,11H,1,4H2,2H3,(H2,10,12,13). The average molecular weight is 245 g/mol. The van der Waals surface area contributed by atoms with Crippen LogP contribution in [-0.2, 0) is 9.84 Å². The van der Waals surface area contributed by atoms with Crippen molar-refractivity contribution in [3.05, 3.63) is 28.6 Å². The summed E-state index contributed by atoms with van der Waals surface area (Å²) in [6.45, 7) is 4.51. The highest BCUT2D eigenvalue weighted by Gasteiger charge is 2.24. The van der Waals surface area contributed by atoms with Crippen LogP contribution in [0.2, 0.25) is 0 Å². The van der Waals surface area contributed by atoms with E-state index < -0.39 is 37.7 Å². The molecule has 0 saturated carbocycles. The largest absolute Gasteiger partial charge is 0.503 e. The summed E-state index contributed by atoms with van der Waals surface area (Å²) in [5, 5.41) is 18.7. The molecule has 0 spiro atoms. The predicted molar refractivity (Wildman–Crippen MR) is 57.4 cm³/mol. The van der Waals surface area contributed by atoms with Crippen LogP contribution in [0.1, 0.15) is 5.56 Å². The Morgan fingerprint density at radius 2 is 2.00 bits per heavy atom. The molecule has 0 aliphatic carbocycles. The van der Waals surface area contributed by atoms with E-state index >= 15 is 0 Å². The summed E-state index contributed by atoms with van der Waals surface area (Å²) in [6, 6.07) is 0. The van der Waals surface area contributed by atoms with Crippen molar-refractivity contribution < 1.29 is 18.6 Å². The minimum atomic E-state index is -3.81. The maximum atomic E-state index is 11.7. The van der Waals surface area contributed by atoms with Gasteiger partial charge in [-0.1, -0.05) is 6.08 Å². The maximum absolute atomic E-state index is 11.7. The molecule has 0 radical (unpaired) electrons. The molecule has 0 aromatic carbocycles. The highest BCUT2D eigenvalue weighted by Crippen LogP contribution is 2.28. The zero-order chi connectivity index (χ0) is 12.5. The van der Waals surface area contributed by atoms with E-state index in [2.05, 4.69) is 6.58 Å². The molecule has 1 rings (SSSR count). The van der Waals surface area contributed by atoms with Crippen LogP contribution < -0.4 is 5.56 Å². The number of aromatic nitrogens is 1. The van der Waals surface area contributed by atoms with Gasteiger partial charge < -0.3 is 10.2 Å². The summed E-state index contributed by atoms with van der Waals surface area (Å²) in [5.74, 6) is -1.89. The van der Waals surface area contributed by atoms with Crippen molar-refractivity contribution in [3.8, 4) is 11.6 Å². The van der Waals surface area contributed by atoms with Gasteiger partial charge in [0.2, 0.25) is 5.88 Å². The van der Waals surface area contributed by atoms with Gasteiger partial charge in [0.05, 0.1) is 5.75 Å². The molecular formula is C9H11NO5S. The lowest BCUT2D eigenvalue weighted by Gasteiger charge is -2.08. The van der Waals surface area contributed by atoms with Crippen LogP contribution in [-0.4, -0.2) is 29.4 Å². The molecule has 0 saturated heterocycles. The van der Waals surface area contributed by atoms with E-state index in [1.807, 2.05) is 4.98 Å². The van der Waals surface area contributed by atoms with Crippen molar-refractivity contribution in [3.63, 3.8) is 0 Å². The van der Waals surface area contributed by atoms with Gasteiger partial charge in [-0.3, -0.25) is 9.78 Å². The lowest BCUT2D eigenvalue weighted by molar-refractivity contribution is 0.415. The molecule has 16 heavy (non-hydrogen) atoms. The molecule has 0 atom stereocenters. The Morgan fingerprint density at radius 3 is 2.50 bits per heavy atom. The van der Waals surface area contributed by atoms with Gasteiger partial charge in [0, 0.05) is 5.56 Å². The molecular weight excluding hydrogens is 234 g/mol. The molecule has 0 fully saturated rings. The second-order valence-corrected chi connectivity index (χ2v) is 5.15. The number of H-pyrrole nitrogens is 1. The molecule has 0 aliphatic rings. The van der Waals surface area contributed by atoms with Crippen molar-refractivity contribution in [1.29, 1.82) is 0 Å². The zero-order valence-electron chi connectivity index (χ0n) is 8.52. The van der Waals surface area contributed by atoms with Gasteiger partial charge in [0.15, 0.2) is 15.6 Å². The fraction of sp³-hybridized carbons (Fsp3) is 0.222. The lowest BCUT2D eigenvalue weighted by atomic mass is 10.3. The molecule has 88 valence electrons. The van der Waals surface area contributed by atoms with Crippen LogP contribution in [0, 0.1) is 6.92 Å². The van der Waals surface area contributed by atoms with Gasteiger partial charge in [-0.15, -0.1) is 6.58 Å². The van der Waals surface area contributed by atoms with Gasteiger partial charge in [-0.05, 0) is 6.92 Å². The van der Waals surface area contributed by atoms with E-state index in [4.69, 9.17) is 0 Å². The summed E-state index contributed by atoms with van der Waals surface area (Å²) in [7, 11) is -3.81. The number of rotatable bonds is 3. The normalized spacial score (nSPS) is 11.3. The van der Waals surface area contributed by atoms with E-state index in [0.29, 0.717) is 0 Å². The van der Waals surface area contributed by atoms with E-state index in [9.17, 15) is 23.4 Å². The number of aromatic amines is 1. The number of sulfone groups is 1. The Hall–Kier alpha value is -1.76. The molecule has 1 aromatic rings. The molecule has 0 bridgehead atoms. The fourth-order valence-corrected chi connectivity index (χ4v) is 2.68. The van der Waals surface area contributed by atoms with E-state index in [1.54, 1.807) is 0 Å². The van der Waals surface area contributed by atoms with E-state index in [1.165, 1.54) is 6.92 Å². The minimum Gasteiger partial charge on any atom is -0.503 e. The smallest absolute Gasteiger partial charge is 0.293 e. The van der Waals surface area contributed by atoms with Crippen LogP contribution in [0.25, 0.3) is 0 Å². The topological polar surface area (TPSA) is 107 Å². The van der Waals surface area contributed by atoms with Crippen molar-refractivity contribution in [2.45, 2.75) is 11.8 Å². The van der Waals surface area contributed by atoms with Gasteiger partial charge in [0.1, 0.15) is 4.90 Å². The number of hydrogen-bond donors (Lipinski definition) is 3. The quantitative estimate of drug-likeness (QED) is 0.652. The third-order valence-electron chi connectivity index (χ3n) is 2.01. The molecule has 3 N–H and O–H groups in total. The average Bonchev–Trinajstić information content (AvgIpc) is 2.13. The van der Waals surface area contributed by atoms with Crippen molar-refractivity contribution in [2.24, 2.45) is 0 Å². The van der Waals surface area contributed by atoms with Crippen LogP contribution in [0.5, 0.6) is 11.6 Å². The highest BCUT2D eigenvalue weighted by molar-refractivity contribution is 7.91. The Bertz CT molecular complexity index is 585. The first-order valence-electron chi connectivity index (χ1n) is 4.29. The minimum absolute atomic E-state index is 0.178. The molecule has 1 aromatic heterocycles. The molecule has 6 nitrogen and oxygen atoms in total. The summed E-state index contributed by atoms with van der Waals surface area (Å²) in [5.41, 5.74) is -1.12. The van der Waals surface area contributed by atoms with E-state index in [0.717, 1.165) is 6.08 Å². The summed E-state index contributed by atoms with van der Waals surface area (Å²) in [4.78, 5) is 12.4. The summed E-state index contributed by atoms with van der Waals surface area (Å²) in [6.07, 6.45) is 1.15. The maximum Gasteiger partial charge on any atom is 0.293 e. The summed E-state index contributed by atoms with van der Waals surface area (Å²) < 4.78 is 23.3. The predicted octanol–water partition coefficient (Wildman–Crippen LogP) is 0.0542. The Morgan fingerprint density at radius 1 is 1.44 bits per heavy atom. The second kappa shape index (κ2) is 4.01. The monoisotopic (exact) mass is 245 g/mol. The first-order valence-corrected chi connectivity index (χ1v) is 5.95. The van der Waals surface area contributed by atoms with Crippen LogP contribution in [0.15, 0.2) is 22.3 Å². The second-order valence-electron chi connectivity index (χ2n) is 3.18. The number of aromatic hydroxyl groups is 2. The highest BCUT2D eigenvalue weighted by atomic mass is 32.2. The van der Waals surface area contributed by atoms with Gasteiger partial charge in [0.25, 0.3) is 5.56 Å². The Kier molecular flexibility index (Phi) is 3.09. The SMILES string of the molecule is C=CCS(=O)(=O)c1c(O)[nH]c(=O)c(O)c1C. The third-order valence-corrected chi connectivity index (χ3v) is 3.80. The van der Waals surface area contributed by atoms with Gasteiger partial charge in [-0.25, -0.2) is 8.42 Å². The molecule has 0 aliphatic heterocycles. The Labute approximate surface area is 91.8 Å². The van der Waals surface area contributed by atoms with Crippen molar-refractivity contribution in [1.82, 2.24) is 4.98 Å². The third kappa shape index (κ3) is 1.94. The molecule has 0 amide bonds. The fourth-order valence-electron chi connectivity index (χ4n) is 1.30. The number of nitrogens with one attached hydrogen (secondary N) is 1. The molecule has 7 heteroatoms.